The van der Waals surface area contributed by atoms with E-state index in [4.69, 9.17) is 4.52 Å². The molecular formula is C13H15N3O2. The van der Waals surface area contributed by atoms with Crippen molar-refractivity contribution in [2.45, 2.75) is 26.3 Å². The molecule has 0 radical (unpaired) electrons. The van der Waals surface area contributed by atoms with Gasteiger partial charge in [-0.15, -0.1) is 0 Å². The summed E-state index contributed by atoms with van der Waals surface area (Å²) in [5.41, 5.74) is 1.30. The second-order valence-electron chi connectivity index (χ2n) is 4.31. The Labute approximate surface area is 105 Å². The average molecular weight is 245 g/mol. The number of hydrogen-bond acceptors (Lipinski definition) is 4. The maximum absolute atomic E-state index is 11.8. The summed E-state index contributed by atoms with van der Waals surface area (Å²) in [4.78, 5) is 15.7. The van der Waals surface area contributed by atoms with Crippen LogP contribution in [0.25, 0.3) is 0 Å². The molecule has 5 nitrogen and oxygen atoms in total. The standard InChI is InChI=1S/C13H15N3O2/c1-9(2)12-7-11(16-18-12)13(17)15-8-10-3-5-14-6-4-10/h3-7,9H,8H2,1-2H3,(H,15,17). The van der Waals surface area contributed by atoms with E-state index in [1.54, 1.807) is 18.5 Å². The number of nitrogens with one attached hydrogen (secondary N) is 1. The highest BCUT2D eigenvalue weighted by molar-refractivity contribution is 5.92. The molecule has 0 saturated carbocycles. The molecule has 5 heteroatoms. The van der Waals surface area contributed by atoms with Crippen LogP contribution < -0.4 is 5.32 Å². The number of pyridine rings is 1. The molecule has 0 saturated heterocycles. The molecule has 2 rings (SSSR count). The zero-order valence-corrected chi connectivity index (χ0v) is 10.4. The van der Waals surface area contributed by atoms with Crippen LogP contribution in [0.1, 0.15) is 41.6 Å². The molecule has 94 valence electrons. The molecule has 0 atom stereocenters. The number of hydrogen-bond donors (Lipinski definition) is 1. The van der Waals surface area contributed by atoms with Gasteiger partial charge in [0.05, 0.1) is 0 Å². The topological polar surface area (TPSA) is 68.0 Å². The largest absolute Gasteiger partial charge is 0.360 e. The molecular weight excluding hydrogens is 230 g/mol. The van der Waals surface area contributed by atoms with Crippen molar-refractivity contribution in [1.29, 1.82) is 0 Å². The van der Waals surface area contributed by atoms with Crippen LogP contribution in [-0.2, 0) is 6.54 Å². The van der Waals surface area contributed by atoms with Gasteiger partial charge in [0.1, 0.15) is 5.76 Å². The molecule has 0 aromatic carbocycles. The lowest BCUT2D eigenvalue weighted by Crippen LogP contribution is -2.23. The molecule has 0 bridgehead atoms. The minimum Gasteiger partial charge on any atom is -0.360 e. The van der Waals surface area contributed by atoms with Gasteiger partial charge in [0.2, 0.25) is 0 Å². The Bertz CT molecular complexity index is 520. The lowest BCUT2D eigenvalue weighted by atomic mass is 10.1. The highest BCUT2D eigenvalue weighted by atomic mass is 16.5. The summed E-state index contributed by atoms with van der Waals surface area (Å²) >= 11 is 0. The maximum atomic E-state index is 11.8. The van der Waals surface area contributed by atoms with Gasteiger partial charge in [-0.1, -0.05) is 19.0 Å². The molecule has 1 amide bonds. The van der Waals surface area contributed by atoms with Crippen LogP contribution in [0.4, 0.5) is 0 Å². The molecule has 0 aliphatic carbocycles. The molecule has 0 unspecified atom stereocenters. The molecule has 2 aromatic heterocycles. The Kier molecular flexibility index (Phi) is 3.72. The van der Waals surface area contributed by atoms with E-state index in [0.29, 0.717) is 18.0 Å². The minimum atomic E-state index is -0.234. The van der Waals surface area contributed by atoms with Crippen LogP contribution in [0.5, 0.6) is 0 Å². The van der Waals surface area contributed by atoms with Gasteiger partial charge < -0.3 is 9.84 Å². The third-order valence-electron chi connectivity index (χ3n) is 2.53. The van der Waals surface area contributed by atoms with Crippen molar-refractivity contribution < 1.29 is 9.32 Å². The Morgan fingerprint density at radius 1 is 1.39 bits per heavy atom. The van der Waals surface area contributed by atoms with Gasteiger partial charge in [0, 0.05) is 30.9 Å². The average Bonchev–Trinajstić information content (AvgIpc) is 2.87. The molecule has 0 aliphatic heterocycles. The van der Waals surface area contributed by atoms with Crippen LogP contribution in [0, 0.1) is 0 Å². The van der Waals surface area contributed by atoms with E-state index in [-0.39, 0.29) is 11.8 Å². The lowest BCUT2D eigenvalue weighted by Gasteiger charge is -2.01. The third kappa shape index (κ3) is 2.94. The summed E-state index contributed by atoms with van der Waals surface area (Å²) in [5, 5.41) is 6.53. The smallest absolute Gasteiger partial charge is 0.273 e. The van der Waals surface area contributed by atoms with Gasteiger partial charge in [-0.05, 0) is 17.7 Å². The first-order chi connectivity index (χ1) is 8.66. The van der Waals surface area contributed by atoms with E-state index in [9.17, 15) is 4.79 Å². The van der Waals surface area contributed by atoms with Crippen LogP contribution >= 0.6 is 0 Å². The van der Waals surface area contributed by atoms with Crippen molar-refractivity contribution in [3.05, 3.63) is 47.6 Å². The monoisotopic (exact) mass is 245 g/mol. The first-order valence-electron chi connectivity index (χ1n) is 5.80. The Hall–Kier alpha value is -2.17. The summed E-state index contributed by atoms with van der Waals surface area (Å²) in [6.45, 7) is 4.42. The number of aromatic nitrogens is 2. The number of carbonyl (C=O) groups is 1. The van der Waals surface area contributed by atoms with E-state index < -0.39 is 0 Å². The first kappa shape index (κ1) is 12.3. The van der Waals surface area contributed by atoms with Crippen molar-refractivity contribution in [2.24, 2.45) is 0 Å². The maximum Gasteiger partial charge on any atom is 0.273 e. The fourth-order valence-electron chi connectivity index (χ4n) is 1.44. The fourth-order valence-corrected chi connectivity index (χ4v) is 1.44. The number of amides is 1. The predicted molar refractivity (Wildman–Crippen MR) is 66.0 cm³/mol. The Morgan fingerprint density at radius 2 is 2.11 bits per heavy atom. The molecule has 18 heavy (non-hydrogen) atoms. The summed E-state index contributed by atoms with van der Waals surface area (Å²) in [6.07, 6.45) is 3.38. The summed E-state index contributed by atoms with van der Waals surface area (Å²) in [7, 11) is 0. The van der Waals surface area contributed by atoms with Crippen LogP contribution in [-0.4, -0.2) is 16.0 Å². The van der Waals surface area contributed by atoms with Gasteiger partial charge in [-0.3, -0.25) is 9.78 Å². The summed E-state index contributed by atoms with van der Waals surface area (Å²) in [6, 6.07) is 5.37. The van der Waals surface area contributed by atoms with Crippen LogP contribution in [0.2, 0.25) is 0 Å². The van der Waals surface area contributed by atoms with Crippen molar-refractivity contribution in [3.8, 4) is 0 Å². The quantitative estimate of drug-likeness (QED) is 0.895. The molecule has 1 N–H and O–H groups in total. The first-order valence-corrected chi connectivity index (χ1v) is 5.80. The van der Waals surface area contributed by atoms with Crippen molar-refractivity contribution in [2.75, 3.05) is 0 Å². The minimum absolute atomic E-state index is 0.222. The Balaban J connectivity index is 1.95. The number of carbonyl (C=O) groups excluding carboxylic acids is 1. The third-order valence-corrected chi connectivity index (χ3v) is 2.53. The van der Waals surface area contributed by atoms with Gasteiger partial charge >= 0.3 is 0 Å². The van der Waals surface area contributed by atoms with Gasteiger partial charge in [0.15, 0.2) is 5.69 Å². The van der Waals surface area contributed by atoms with E-state index in [1.165, 1.54) is 0 Å². The predicted octanol–water partition coefficient (Wildman–Crippen LogP) is 2.12. The second-order valence-corrected chi connectivity index (χ2v) is 4.31. The highest BCUT2D eigenvalue weighted by Gasteiger charge is 2.13. The summed E-state index contributed by atoms with van der Waals surface area (Å²) < 4.78 is 5.08. The van der Waals surface area contributed by atoms with Crippen LogP contribution in [0.3, 0.4) is 0 Å². The Morgan fingerprint density at radius 3 is 2.72 bits per heavy atom. The summed E-state index contributed by atoms with van der Waals surface area (Å²) in [5.74, 6) is 0.700. The fraction of sp³-hybridized carbons (Fsp3) is 0.308. The lowest BCUT2D eigenvalue weighted by molar-refractivity contribution is 0.0941. The van der Waals surface area contributed by atoms with E-state index in [2.05, 4.69) is 15.5 Å². The number of nitrogens with zero attached hydrogens (tertiary/aromatic N) is 2. The van der Waals surface area contributed by atoms with Crippen LogP contribution in [0.15, 0.2) is 35.1 Å². The second kappa shape index (κ2) is 5.44. The molecule has 0 spiro atoms. The van der Waals surface area contributed by atoms with Crippen molar-refractivity contribution in [1.82, 2.24) is 15.5 Å². The zero-order valence-electron chi connectivity index (χ0n) is 10.4. The SMILES string of the molecule is CC(C)c1cc(C(=O)NCc2ccncc2)no1. The van der Waals surface area contributed by atoms with Crippen molar-refractivity contribution in [3.63, 3.8) is 0 Å². The van der Waals surface area contributed by atoms with E-state index in [0.717, 1.165) is 5.56 Å². The van der Waals surface area contributed by atoms with Crippen molar-refractivity contribution >= 4 is 5.91 Å². The zero-order chi connectivity index (χ0) is 13.0. The normalized spacial score (nSPS) is 10.6. The van der Waals surface area contributed by atoms with Gasteiger partial charge in [-0.25, -0.2) is 0 Å². The van der Waals surface area contributed by atoms with Gasteiger partial charge in [-0.2, -0.15) is 0 Å². The van der Waals surface area contributed by atoms with E-state index >= 15 is 0 Å². The number of rotatable bonds is 4. The highest BCUT2D eigenvalue weighted by Crippen LogP contribution is 2.14. The molecule has 2 aromatic rings. The van der Waals surface area contributed by atoms with E-state index in [1.807, 2.05) is 26.0 Å². The molecule has 0 fully saturated rings. The van der Waals surface area contributed by atoms with Gasteiger partial charge in [0.25, 0.3) is 5.91 Å². The molecule has 0 aliphatic rings. The molecule has 2 heterocycles.